The summed E-state index contributed by atoms with van der Waals surface area (Å²) in [4.78, 5) is 16.2. The predicted octanol–water partition coefficient (Wildman–Crippen LogP) is 2.53. The van der Waals surface area contributed by atoms with Gasteiger partial charge in [-0.3, -0.25) is 14.6 Å². The van der Waals surface area contributed by atoms with Crippen molar-refractivity contribution in [2.45, 2.75) is 13.5 Å². The number of benzene rings is 1. The quantitative estimate of drug-likeness (QED) is 0.881. The van der Waals surface area contributed by atoms with E-state index in [1.54, 1.807) is 25.1 Å². The van der Waals surface area contributed by atoms with Crippen LogP contribution in [-0.4, -0.2) is 53.6 Å². The number of aromatic nitrogens is 1. The van der Waals surface area contributed by atoms with Gasteiger partial charge < -0.3 is 9.84 Å². The molecule has 2 aromatic rings. The zero-order valence-electron chi connectivity index (χ0n) is 14.0. The van der Waals surface area contributed by atoms with Crippen molar-refractivity contribution in [1.29, 1.82) is 0 Å². The number of aryl methyl sites for hydroxylation is 1. The van der Waals surface area contributed by atoms with Gasteiger partial charge in [0.15, 0.2) is 5.82 Å². The number of rotatable bonds is 5. The largest absolute Gasteiger partial charge is 0.360 e. The van der Waals surface area contributed by atoms with E-state index in [0.717, 1.165) is 26.2 Å². The van der Waals surface area contributed by atoms with Gasteiger partial charge in [0.1, 0.15) is 11.6 Å². The molecule has 6 nitrogen and oxygen atoms in total. The summed E-state index contributed by atoms with van der Waals surface area (Å²) in [6.45, 7) is 5.50. The molecular weight excluding hydrogens is 347 g/mol. The Morgan fingerprint density at radius 2 is 2.04 bits per heavy atom. The van der Waals surface area contributed by atoms with Crippen molar-refractivity contribution in [2.24, 2.45) is 0 Å². The fraction of sp³-hybridized carbons (Fsp3) is 0.412. The molecule has 134 valence electrons. The Labute approximate surface area is 150 Å². The van der Waals surface area contributed by atoms with Crippen molar-refractivity contribution in [3.8, 4) is 0 Å². The van der Waals surface area contributed by atoms with Crippen LogP contribution in [-0.2, 0) is 11.3 Å². The molecule has 3 rings (SSSR count). The Morgan fingerprint density at radius 1 is 1.32 bits per heavy atom. The third-order valence-corrected chi connectivity index (χ3v) is 4.53. The lowest BCUT2D eigenvalue weighted by Crippen LogP contribution is -2.48. The zero-order chi connectivity index (χ0) is 17.8. The van der Waals surface area contributed by atoms with Crippen LogP contribution >= 0.6 is 11.6 Å². The lowest BCUT2D eigenvalue weighted by Gasteiger charge is -2.34. The summed E-state index contributed by atoms with van der Waals surface area (Å²) in [5.74, 6) is 0.669. The highest BCUT2D eigenvalue weighted by Crippen LogP contribution is 2.21. The van der Waals surface area contributed by atoms with Gasteiger partial charge in [-0.05, 0) is 19.1 Å². The van der Waals surface area contributed by atoms with E-state index < -0.39 is 0 Å². The number of hydrogen-bond donors (Lipinski definition) is 1. The number of nitrogens with one attached hydrogen (secondary N) is 1. The maximum absolute atomic E-state index is 13.9. The molecule has 1 saturated heterocycles. The minimum atomic E-state index is -0.280. The Bertz CT molecular complexity index is 724. The molecular formula is C17H20ClFN4O2. The Kier molecular flexibility index (Phi) is 5.67. The smallest absolute Gasteiger partial charge is 0.239 e. The normalized spacial score (nSPS) is 16.1. The highest BCUT2D eigenvalue weighted by atomic mass is 35.5. The van der Waals surface area contributed by atoms with E-state index in [2.05, 4.69) is 20.3 Å². The molecule has 25 heavy (non-hydrogen) atoms. The number of halogens is 2. The SMILES string of the molecule is Cc1cc(NC(=O)CN2CCN(Cc3c(F)cccc3Cl)CC2)no1. The minimum absolute atomic E-state index is 0.126. The van der Waals surface area contributed by atoms with Crippen molar-refractivity contribution in [2.75, 3.05) is 38.0 Å². The fourth-order valence-electron chi connectivity index (χ4n) is 2.82. The maximum atomic E-state index is 13.9. The van der Waals surface area contributed by atoms with E-state index in [1.165, 1.54) is 6.07 Å². The summed E-state index contributed by atoms with van der Waals surface area (Å²) in [6.07, 6.45) is 0. The van der Waals surface area contributed by atoms with Crippen LogP contribution in [0.1, 0.15) is 11.3 Å². The summed E-state index contributed by atoms with van der Waals surface area (Å²) in [7, 11) is 0. The molecule has 0 bridgehead atoms. The second kappa shape index (κ2) is 7.95. The van der Waals surface area contributed by atoms with E-state index in [0.29, 0.717) is 35.3 Å². The van der Waals surface area contributed by atoms with Crippen molar-refractivity contribution < 1.29 is 13.7 Å². The van der Waals surface area contributed by atoms with Crippen LogP contribution in [0.4, 0.5) is 10.2 Å². The van der Waals surface area contributed by atoms with Crippen molar-refractivity contribution in [1.82, 2.24) is 15.0 Å². The van der Waals surface area contributed by atoms with Gasteiger partial charge >= 0.3 is 0 Å². The monoisotopic (exact) mass is 366 g/mol. The summed E-state index contributed by atoms with van der Waals surface area (Å²) >= 11 is 6.08. The van der Waals surface area contributed by atoms with Crippen molar-refractivity contribution in [3.63, 3.8) is 0 Å². The maximum Gasteiger partial charge on any atom is 0.239 e. The second-order valence-corrected chi connectivity index (χ2v) is 6.53. The molecule has 1 aromatic heterocycles. The van der Waals surface area contributed by atoms with Gasteiger partial charge in [0.2, 0.25) is 5.91 Å². The average molecular weight is 367 g/mol. The topological polar surface area (TPSA) is 61.6 Å². The summed E-state index contributed by atoms with van der Waals surface area (Å²) in [6, 6.07) is 6.40. The summed E-state index contributed by atoms with van der Waals surface area (Å²) < 4.78 is 18.8. The van der Waals surface area contributed by atoms with Gasteiger partial charge in [0.05, 0.1) is 6.54 Å². The van der Waals surface area contributed by atoms with Crippen LogP contribution < -0.4 is 5.32 Å². The predicted molar refractivity (Wildman–Crippen MR) is 93.0 cm³/mol. The van der Waals surface area contributed by atoms with Crippen molar-refractivity contribution >= 4 is 23.3 Å². The highest BCUT2D eigenvalue weighted by Gasteiger charge is 2.21. The first kappa shape index (κ1) is 17.8. The van der Waals surface area contributed by atoms with Gasteiger partial charge in [-0.1, -0.05) is 22.8 Å². The van der Waals surface area contributed by atoms with E-state index >= 15 is 0 Å². The molecule has 0 saturated carbocycles. The lowest BCUT2D eigenvalue weighted by atomic mass is 10.2. The zero-order valence-corrected chi connectivity index (χ0v) is 14.7. The highest BCUT2D eigenvalue weighted by molar-refractivity contribution is 6.31. The molecule has 1 aliphatic heterocycles. The minimum Gasteiger partial charge on any atom is -0.360 e. The summed E-state index contributed by atoms with van der Waals surface area (Å²) in [5.41, 5.74) is 0.525. The fourth-order valence-corrected chi connectivity index (χ4v) is 3.05. The molecule has 0 spiro atoms. The van der Waals surface area contributed by atoms with Gasteiger partial charge in [-0.15, -0.1) is 0 Å². The molecule has 1 fully saturated rings. The number of amides is 1. The average Bonchev–Trinajstić information content (AvgIpc) is 2.97. The van der Waals surface area contributed by atoms with Gasteiger partial charge in [-0.2, -0.15) is 0 Å². The first-order valence-corrected chi connectivity index (χ1v) is 8.50. The lowest BCUT2D eigenvalue weighted by molar-refractivity contribution is -0.117. The van der Waals surface area contributed by atoms with Crippen LogP contribution in [0.3, 0.4) is 0 Å². The molecule has 1 aromatic carbocycles. The van der Waals surface area contributed by atoms with Gasteiger partial charge in [-0.25, -0.2) is 4.39 Å². The Morgan fingerprint density at radius 3 is 2.68 bits per heavy atom. The molecule has 0 unspecified atom stereocenters. The third-order valence-electron chi connectivity index (χ3n) is 4.17. The van der Waals surface area contributed by atoms with Gasteiger partial charge in [0, 0.05) is 49.4 Å². The second-order valence-electron chi connectivity index (χ2n) is 6.12. The standard InChI is InChI=1S/C17H20ClFN4O2/c1-12-9-16(21-25-12)20-17(24)11-23-7-5-22(6-8-23)10-13-14(18)3-2-4-15(13)19/h2-4,9H,5-8,10-11H2,1H3,(H,20,21,24). The molecule has 1 aliphatic rings. The van der Waals surface area contributed by atoms with Crippen LogP contribution in [0.15, 0.2) is 28.8 Å². The molecule has 1 N–H and O–H groups in total. The van der Waals surface area contributed by atoms with Crippen LogP contribution in [0.5, 0.6) is 0 Å². The third kappa shape index (κ3) is 4.78. The number of anilines is 1. The first-order chi connectivity index (χ1) is 12.0. The van der Waals surface area contributed by atoms with E-state index in [9.17, 15) is 9.18 Å². The molecule has 0 radical (unpaired) electrons. The molecule has 0 aliphatic carbocycles. The Hall–Kier alpha value is -1.96. The molecule has 1 amide bonds. The number of piperazine rings is 1. The number of hydrogen-bond acceptors (Lipinski definition) is 5. The van der Waals surface area contributed by atoms with Gasteiger partial charge in [0.25, 0.3) is 0 Å². The van der Waals surface area contributed by atoms with Crippen LogP contribution in [0.25, 0.3) is 0 Å². The summed E-state index contributed by atoms with van der Waals surface area (Å²) in [5, 5.41) is 6.90. The molecule has 8 heteroatoms. The molecule has 2 heterocycles. The van der Waals surface area contributed by atoms with E-state index in [-0.39, 0.29) is 11.7 Å². The number of carbonyl (C=O) groups is 1. The number of nitrogens with zero attached hydrogens (tertiary/aromatic N) is 3. The number of carbonyl (C=O) groups excluding carboxylic acids is 1. The van der Waals surface area contributed by atoms with Crippen LogP contribution in [0, 0.1) is 12.7 Å². The van der Waals surface area contributed by atoms with Crippen molar-refractivity contribution in [3.05, 3.63) is 46.4 Å². The molecule has 0 atom stereocenters. The first-order valence-electron chi connectivity index (χ1n) is 8.12. The van der Waals surface area contributed by atoms with E-state index in [4.69, 9.17) is 16.1 Å². The van der Waals surface area contributed by atoms with E-state index in [1.807, 2.05) is 0 Å². The Balaban J connectivity index is 1.46. The van der Waals surface area contributed by atoms with Crippen LogP contribution in [0.2, 0.25) is 5.02 Å².